The number of rotatable bonds is 5. The first-order valence-electron chi connectivity index (χ1n) is 11.0. The minimum atomic E-state index is -3.66. The molecule has 0 bridgehead atoms. The predicted molar refractivity (Wildman–Crippen MR) is 119 cm³/mol. The first-order valence-corrected chi connectivity index (χ1v) is 12.4. The van der Waals surface area contributed by atoms with Gasteiger partial charge in [0.2, 0.25) is 15.9 Å². The number of fused-ring (bicyclic) bond motifs is 1. The van der Waals surface area contributed by atoms with Crippen LogP contribution in [-0.4, -0.2) is 49.8 Å². The molecular weight excluding hydrogens is 412 g/mol. The van der Waals surface area contributed by atoms with Gasteiger partial charge in [-0.15, -0.1) is 0 Å². The number of carbonyl (C=O) groups excluding carboxylic acids is 1. The summed E-state index contributed by atoms with van der Waals surface area (Å²) in [5.41, 5.74) is 3.28. The molecule has 2 heterocycles. The van der Waals surface area contributed by atoms with Gasteiger partial charge in [0.05, 0.1) is 17.4 Å². The highest BCUT2D eigenvalue weighted by Gasteiger charge is 2.36. The lowest BCUT2D eigenvalue weighted by Crippen LogP contribution is -2.47. The quantitative estimate of drug-likeness (QED) is 0.712. The maximum absolute atomic E-state index is 13.3. The molecule has 7 heteroatoms. The average molecular weight is 443 g/mol. The summed E-state index contributed by atoms with van der Waals surface area (Å²) in [4.78, 5) is 15.4. The Morgan fingerprint density at radius 1 is 1.13 bits per heavy atom. The summed E-state index contributed by atoms with van der Waals surface area (Å²) in [6, 6.07) is 13.2. The van der Waals surface area contributed by atoms with Crippen LogP contribution < -0.4 is 4.74 Å². The molecule has 166 valence electrons. The zero-order chi connectivity index (χ0) is 22.0. The van der Waals surface area contributed by atoms with Gasteiger partial charge >= 0.3 is 0 Å². The summed E-state index contributed by atoms with van der Waals surface area (Å²) in [5.74, 6) is 0.466. The van der Waals surface area contributed by atoms with Crippen LogP contribution in [0.15, 0.2) is 47.4 Å². The van der Waals surface area contributed by atoms with Crippen molar-refractivity contribution in [3.8, 4) is 5.75 Å². The fraction of sp³-hybridized carbons (Fsp3) is 0.458. The van der Waals surface area contributed by atoms with Crippen LogP contribution in [0.4, 0.5) is 0 Å². The third kappa shape index (κ3) is 4.48. The van der Waals surface area contributed by atoms with Gasteiger partial charge in [-0.2, -0.15) is 4.31 Å². The molecule has 1 amide bonds. The Morgan fingerprint density at radius 3 is 2.65 bits per heavy atom. The van der Waals surface area contributed by atoms with Gasteiger partial charge < -0.3 is 9.64 Å². The Bertz CT molecular complexity index is 1070. The molecule has 2 aromatic carbocycles. The van der Waals surface area contributed by atoms with E-state index in [1.54, 1.807) is 18.2 Å². The Hall–Kier alpha value is -2.38. The first kappa shape index (κ1) is 21.8. The maximum Gasteiger partial charge on any atom is 0.243 e. The lowest BCUT2D eigenvalue weighted by atomic mass is 9.95. The van der Waals surface area contributed by atoms with E-state index in [1.165, 1.54) is 15.4 Å². The second-order valence-corrected chi connectivity index (χ2v) is 10.3. The number of ether oxygens (including phenoxy) is 1. The molecule has 2 aromatic rings. The molecule has 1 atom stereocenters. The molecule has 0 spiro atoms. The van der Waals surface area contributed by atoms with Crippen molar-refractivity contribution in [2.45, 2.75) is 44.6 Å². The van der Waals surface area contributed by atoms with E-state index in [9.17, 15) is 13.2 Å². The monoisotopic (exact) mass is 442 g/mol. The van der Waals surface area contributed by atoms with Crippen LogP contribution >= 0.6 is 0 Å². The van der Waals surface area contributed by atoms with Crippen LogP contribution in [0.2, 0.25) is 0 Å². The molecule has 6 nitrogen and oxygen atoms in total. The molecule has 0 N–H and O–H groups in total. The molecule has 0 aromatic heterocycles. The van der Waals surface area contributed by atoms with Crippen LogP contribution in [0.5, 0.6) is 5.75 Å². The van der Waals surface area contributed by atoms with E-state index in [-0.39, 0.29) is 23.3 Å². The predicted octanol–water partition coefficient (Wildman–Crippen LogP) is 3.38. The highest BCUT2D eigenvalue weighted by molar-refractivity contribution is 7.89. The van der Waals surface area contributed by atoms with Gasteiger partial charge in [0, 0.05) is 26.2 Å². The van der Waals surface area contributed by atoms with Crippen molar-refractivity contribution in [3.05, 3.63) is 59.2 Å². The van der Waals surface area contributed by atoms with Gasteiger partial charge in [0.1, 0.15) is 5.75 Å². The summed E-state index contributed by atoms with van der Waals surface area (Å²) in [6.07, 6.45) is 2.27. The smallest absolute Gasteiger partial charge is 0.243 e. The van der Waals surface area contributed by atoms with Crippen molar-refractivity contribution in [1.82, 2.24) is 9.21 Å². The topological polar surface area (TPSA) is 66.9 Å². The van der Waals surface area contributed by atoms with Crippen LogP contribution in [0.3, 0.4) is 0 Å². The number of hydrogen-bond acceptors (Lipinski definition) is 4. The fourth-order valence-electron chi connectivity index (χ4n) is 4.55. The number of amides is 1. The van der Waals surface area contributed by atoms with E-state index in [0.717, 1.165) is 18.4 Å². The second-order valence-electron chi connectivity index (χ2n) is 8.34. The summed E-state index contributed by atoms with van der Waals surface area (Å²) in [5, 5.41) is 0. The number of hydrogen-bond donors (Lipinski definition) is 0. The van der Waals surface area contributed by atoms with Crippen molar-refractivity contribution >= 4 is 15.9 Å². The van der Waals surface area contributed by atoms with Crippen molar-refractivity contribution in [2.24, 2.45) is 5.92 Å². The van der Waals surface area contributed by atoms with Gasteiger partial charge in [-0.3, -0.25) is 4.79 Å². The van der Waals surface area contributed by atoms with E-state index >= 15 is 0 Å². The van der Waals surface area contributed by atoms with Crippen molar-refractivity contribution in [2.75, 3.05) is 26.2 Å². The minimum Gasteiger partial charge on any atom is -0.494 e. The fourth-order valence-corrected chi connectivity index (χ4v) is 6.16. The molecule has 2 aliphatic rings. The molecule has 2 aliphatic heterocycles. The molecule has 1 saturated heterocycles. The number of carbonyl (C=O) groups is 1. The minimum absolute atomic E-state index is 0.0669. The number of aryl methyl sites for hydroxylation is 1. The highest BCUT2D eigenvalue weighted by Crippen LogP contribution is 2.29. The average Bonchev–Trinajstić information content (AvgIpc) is 2.79. The maximum atomic E-state index is 13.3. The van der Waals surface area contributed by atoms with Crippen LogP contribution in [0.25, 0.3) is 0 Å². The molecule has 31 heavy (non-hydrogen) atoms. The number of benzene rings is 2. The molecule has 0 radical (unpaired) electrons. The van der Waals surface area contributed by atoms with Gasteiger partial charge in [0.25, 0.3) is 0 Å². The Kier molecular flexibility index (Phi) is 6.34. The molecule has 1 fully saturated rings. The van der Waals surface area contributed by atoms with Crippen molar-refractivity contribution in [3.63, 3.8) is 0 Å². The first-order chi connectivity index (χ1) is 14.9. The standard InChI is InChI=1S/C24H30N2O4S/c1-3-30-23-11-10-22(15-18(23)2)31(28,29)26-13-6-9-21(17-26)24(27)25-14-12-19-7-4-5-8-20(19)16-25/h4-5,7-8,10-11,15,21H,3,6,9,12-14,16-17H2,1-2H3/t21-/m1/s1. The second kappa shape index (κ2) is 9.01. The summed E-state index contributed by atoms with van der Waals surface area (Å²) >= 11 is 0. The van der Waals surface area contributed by atoms with Gasteiger partial charge in [-0.05, 0) is 68.0 Å². The van der Waals surface area contributed by atoms with Crippen molar-refractivity contribution in [1.29, 1.82) is 0 Å². The lowest BCUT2D eigenvalue weighted by Gasteiger charge is -2.36. The molecular formula is C24H30N2O4S. The van der Waals surface area contributed by atoms with Crippen LogP contribution in [0, 0.1) is 12.8 Å². The largest absolute Gasteiger partial charge is 0.494 e. The molecule has 4 rings (SSSR count). The van der Waals surface area contributed by atoms with Gasteiger partial charge in [0.15, 0.2) is 0 Å². The van der Waals surface area contributed by atoms with Gasteiger partial charge in [-0.25, -0.2) is 8.42 Å². The Morgan fingerprint density at radius 2 is 1.90 bits per heavy atom. The third-order valence-corrected chi connectivity index (χ3v) is 8.12. The summed E-state index contributed by atoms with van der Waals surface area (Å²) < 4.78 is 33.6. The Balaban J connectivity index is 1.48. The van der Waals surface area contributed by atoms with E-state index in [1.807, 2.05) is 30.9 Å². The zero-order valence-electron chi connectivity index (χ0n) is 18.2. The Labute approximate surface area is 184 Å². The third-order valence-electron chi connectivity index (χ3n) is 6.26. The van der Waals surface area contributed by atoms with Crippen LogP contribution in [0.1, 0.15) is 36.5 Å². The molecule has 0 aliphatic carbocycles. The highest BCUT2D eigenvalue weighted by atomic mass is 32.2. The van der Waals surface area contributed by atoms with Crippen molar-refractivity contribution < 1.29 is 17.9 Å². The number of nitrogens with zero attached hydrogens (tertiary/aromatic N) is 2. The van der Waals surface area contributed by atoms with E-state index in [4.69, 9.17) is 4.74 Å². The SMILES string of the molecule is CCOc1ccc(S(=O)(=O)N2CCC[C@@H](C(=O)N3CCc4ccccc4C3)C2)cc1C. The lowest BCUT2D eigenvalue weighted by molar-refractivity contribution is -0.137. The van der Waals surface area contributed by atoms with E-state index in [2.05, 4.69) is 12.1 Å². The normalized spacial score (nSPS) is 19.7. The number of sulfonamides is 1. The van der Waals surface area contributed by atoms with Gasteiger partial charge in [-0.1, -0.05) is 24.3 Å². The summed E-state index contributed by atoms with van der Waals surface area (Å²) in [6.45, 7) is 6.26. The molecule has 0 unspecified atom stereocenters. The van der Waals surface area contributed by atoms with E-state index in [0.29, 0.717) is 38.4 Å². The number of piperidine rings is 1. The summed E-state index contributed by atoms with van der Waals surface area (Å²) in [7, 11) is -3.66. The zero-order valence-corrected chi connectivity index (χ0v) is 19.0. The van der Waals surface area contributed by atoms with E-state index < -0.39 is 10.0 Å². The van der Waals surface area contributed by atoms with Crippen LogP contribution in [-0.2, 0) is 27.8 Å². The molecule has 0 saturated carbocycles.